The van der Waals surface area contributed by atoms with E-state index in [9.17, 15) is 9.59 Å². The molecule has 0 aliphatic rings. The van der Waals surface area contributed by atoms with E-state index < -0.39 is 5.97 Å². The summed E-state index contributed by atoms with van der Waals surface area (Å²) in [6.07, 6.45) is 0.371. The molecule has 0 saturated carbocycles. The zero-order valence-electron chi connectivity index (χ0n) is 13.9. The molecule has 0 spiro atoms. The number of carbonyl (C=O) groups is 2. The lowest BCUT2D eigenvalue weighted by Gasteiger charge is -2.15. The summed E-state index contributed by atoms with van der Waals surface area (Å²) >= 11 is 6.11. The van der Waals surface area contributed by atoms with Gasteiger partial charge >= 0.3 is 5.97 Å². The largest absolute Gasteiger partial charge is 0.488 e. The minimum atomic E-state index is -0.885. The molecule has 0 bridgehead atoms. The highest BCUT2D eigenvalue weighted by Gasteiger charge is 2.15. The highest BCUT2D eigenvalue weighted by molar-refractivity contribution is 6.31. The first kappa shape index (κ1) is 18.8. The van der Waals surface area contributed by atoms with E-state index in [0.717, 1.165) is 5.56 Å². The van der Waals surface area contributed by atoms with E-state index in [2.05, 4.69) is 5.32 Å². The van der Waals surface area contributed by atoms with Gasteiger partial charge in [0.05, 0.1) is 5.56 Å². The van der Waals surface area contributed by atoms with Crippen LogP contribution in [0.1, 0.15) is 35.7 Å². The van der Waals surface area contributed by atoms with Crippen molar-refractivity contribution in [3.05, 3.63) is 64.7 Å². The van der Waals surface area contributed by atoms with Crippen LogP contribution < -0.4 is 10.1 Å². The van der Waals surface area contributed by atoms with Gasteiger partial charge in [0, 0.05) is 23.0 Å². The second-order valence-electron chi connectivity index (χ2n) is 5.68. The first-order valence-corrected chi connectivity index (χ1v) is 8.33. The molecule has 0 aliphatic heterocycles. The molecule has 6 heteroatoms. The zero-order valence-corrected chi connectivity index (χ0v) is 14.6. The van der Waals surface area contributed by atoms with Crippen LogP contribution in [0.4, 0.5) is 0 Å². The lowest BCUT2D eigenvalue weighted by Crippen LogP contribution is -2.33. The van der Waals surface area contributed by atoms with Crippen molar-refractivity contribution in [2.24, 2.45) is 0 Å². The summed E-state index contributed by atoms with van der Waals surface area (Å²) in [5.74, 6) is -0.734. The summed E-state index contributed by atoms with van der Waals surface area (Å²) < 4.78 is 5.77. The van der Waals surface area contributed by atoms with Crippen LogP contribution in [-0.2, 0) is 11.4 Å². The van der Waals surface area contributed by atoms with Gasteiger partial charge in [0.2, 0.25) is 0 Å². The lowest BCUT2D eigenvalue weighted by atomic mass is 10.1. The van der Waals surface area contributed by atoms with Crippen LogP contribution in [0.5, 0.6) is 5.75 Å². The van der Waals surface area contributed by atoms with Crippen molar-refractivity contribution >= 4 is 23.5 Å². The van der Waals surface area contributed by atoms with E-state index in [0.29, 0.717) is 22.8 Å². The molecule has 2 rings (SSSR count). The average Bonchev–Trinajstić information content (AvgIpc) is 2.59. The first-order chi connectivity index (χ1) is 12.0. The van der Waals surface area contributed by atoms with E-state index in [4.69, 9.17) is 21.4 Å². The Morgan fingerprint density at radius 2 is 1.84 bits per heavy atom. The van der Waals surface area contributed by atoms with Gasteiger partial charge in [-0.05, 0) is 31.5 Å². The molecule has 25 heavy (non-hydrogen) atoms. The Morgan fingerprint density at radius 1 is 1.16 bits per heavy atom. The summed E-state index contributed by atoms with van der Waals surface area (Å²) in [4.78, 5) is 23.1. The number of halogens is 1. The highest BCUT2D eigenvalue weighted by Crippen LogP contribution is 2.22. The topological polar surface area (TPSA) is 75.6 Å². The number of hydrogen-bond donors (Lipinski definition) is 2. The van der Waals surface area contributed by atoms with Crippen molar-refractivity contribution in [1.82, 2.24) is 5.32 Å². The standard InChI is InChI=1S/C19H20ClNO4/c1-13(10-11-18(22)23)21-19(24)15-7-3-5-9-17(15)25-12-14-6-2-4-8-16(14)20/h2-9,13H,10-12H2,1H3,(H,21,24)(H,22,23). The predicted octanol–water partition coefficient (Wildman–Crippen LogP) is 3.90. The van der Waals surface area contributed by atoms with E-state index in [1.807, 2.05) is 18.2 Å². The van der Waals surface area contributed by atoms with Gasteiger partial charge in [0.1, 0.15) is 12.4 Å². The van der Waals surface area contributed by atoms with E-state index in [1.165, 1.54) is 0 Å². The number of aliphatic carboxylic acids is 1. The summed E-state index contributed by atoms with van der Waals surface area (Å²) in [6.45, 7) is 2.02. The van der Waals surface area contributed by atoms with Crippen LogP contribution in [0.15, 0.2) is 48.5 Å². The Morgan fingerprint density at radius 3 is 2.56 bits per heavy atom. The molecule has 0 heterocycles. The molecule has 0 aromatic heterocycles. The van der Waals surface area contributed by atoms with Crippen LogP contribution in [0.3, 0.4) is 0 Å². The third-order valence-electron chi connectivity index (χ3n) is 3.64. The minimum absolute atomic E-state index is 0.00605. The molecule has 5 nitrogen and oxygen atoms in total. The number of ether oxygens (including phenoxy) is 1. The van der Waals surface area contributed by atoms with Crippen molar-refractivity contribution in [2.75, 3.05) is 0 Å². The third kappa shape index (κ3) is 5.80. The van der Waals surface area contributed by atoms with Crippen LogP contribution in [-0.4, -0.2) is 23.0 Å². The average molecular weight is 362 g/mol. The monoisotopic (exact) mass is 361 g/mol. The molecule has 2 aromatic rings. The molecule has 0 aliphatic carbocycles. The molecule has 0 saturated heterocycles. The second kappa shape index (κ2) is 9.08. The van der Waals surface area contributed by atoms with Crippen molar-refractivity contribution in [2.45, 2.75) is 32.4 Å². The van der Waals surface area contributed by atoms with Gasteiger partial charge in [-0.15, -0.1) is 0 Å². The summed E-state index contributed by atoms with van der Waals surface area (Å²) in [6, 6.07) is 14.0. The maximum atomic E-state index is 12.4. The zero-order chi connectivity index (χ0) is 18.2. The SMILES string of the molecule is CC(CCC(=O)O)NC(=O)c1ccccc1OCc1ccccc1Cl. The van der Waals surface area contributed by atoms with Crippen molar-refractivity contribution in [3.63, 3.8) is 0 Å². The Labute approximate surface area is 151 Å². The highest BCUT2D eigenvalue weighted by atomic mass is 35.5. The van der Waals surface area contributed by atoms with Crippen molar-refractivity contribution in [1.29, 1.82) is 0 Å². The Hall–Kier alpha value is -2.53. The fourth-order valence-electron chi connectivity index (χ4n) is 2.26. The number of para-hydroxylation sites is 1. The Bertz CT molecular complexity index is 748. The maximum Gasteiger partial charge on any atom is 0.303 e. The normalized spacial score (nSPS) is 11.6. The molecule has 0 radical (unpaired) electrons. The molecule has 132 valence electrons. The first-order valence-electron chi connectivity index (χ1n) is 7.95. The number of carboxylic acid groups (broad SMARTS) is 1. The van der Waals surface area contributed by atoms with Crippen LogP contribution in [0.25, 0.3) is 0 Å². The van der Waals surface area contributed by atoms with Gasteiger partial charge in [0.25, 0.3) is 5.91 Å². The van der Waals surface area contributed by atoms with Gasteiger partial charge in [-0.3, -0.25) is 9.59 Å². The van der Waals surface area contributed by atoms with Crippen LogP contribution in [0.2, 0.25) is 5.02 Å². The number of nitrogens with one attached hydrogen (secondary N) is 1. The van der Waals surface area contributed by atoms with Gasteiger partial charge < -0.3 is 15.2 Å². The summed E-state index contributed by atoms with van der Waals surface area (Å²) in [5.41, 5.74) is 1.23. The second-order valence-corrected chi connectivity index (χ2v) is 6.09. The van der Waals surface area contributed by atoms with Crippen LogP contribution >= 0.6 is 11.6 Å². The number of carbonyl (C=O) groups excluding carboxylic acids is 1. The van der Waals surface area contributed by atoms with E-state index in [-0.39, 0.29) is 25.0 Å². The fraction of sp³-hybridized carbons (Fsp3) is 0.263. The summed E-state index contributed by atoms with van der Waals surface area (Å²) in [7, 11) is 0. The third-order valence-corrected chi connectivity index (χ3v) is 4.01. The van der Waals surface area contributed by atoms with Crippen molar-refractivity contribution < 1.29 is 19.4 Å². The number of amides is 1. The van der Waals surface area contributed by atoms with Gasteiger partial charge in [-0.2, -0.15) is 0 Å². The molecule has 1 unspecified atom stereocenters. The quantitative estimate of drug-likeness (QED) is 0.747. The minimum Gasteiger partial charge on any atom is -0.488 e. The van der Waals surface area contributed by atoms with Crippen LogP contribution in [0, 0.1) is 0 Å². The lowest BCUT2D eigenvalue weighted by molar-refractivity contribution is -0.137. The number of hydrogen-bond acceptors (Lipinski definition) is 3. The van der Waals surface area contributed by atoms with E-state index in [1.54, 1.807) is 37.3 Å². The molecule has 2 N–H and O–H groups in total. The maximum absolute atomic E-state index is 12.4. The predicted molar refractivity (Wildman–Crippen MR) is 96.0 cm³/mol. The fourth-order valence-corrected chi connectivity index (χ4v) is 2.46. The van der Waals surface area contributed by atoms with Gasteiger partial charge in [0.15, 0.2) is 0 Å². The smallest absolute Gasteiger partial charge is 0.303 e. The molecular formula is C19H20ClNO4. The molecular weight excluding hydrogens is 342 g/mol. The summed E-state index contributed by atoms with van der Waals surface area (Å²) in [5, 5.41) is 12.1. The number of benzene rings is 2. The number of carboxylic acids is 1. The molecule has 0 fully saturated rings. The van der Waals surface area contributed by atoms with E-state index >= 15 is 0 Å². The van der Waals surface area contributed by atoms with Crippen molar-refractivity contribution in [3.8, 4) is 5.75 Å². The molecule has 2 aromatic carbocycles. The Kier molecular flexibility index (Phi) is 6.83. The molecule has 1 amide bonds. The molecule has 1 atom stereocenters. The van der Waals surface area contributed by atoms with Gasteiger partial charge in [-0.1, -0.05) is 41.9 Å². The Balaban J connectivity index is 2.03. The number of rotatable bonds is 8. The van der Waals surface area contributed by atoms with Gasteiger partial charge in [-0.25, -0.2) is 0 Å².